The Hall–Kier alpha value is -0.650. The van der Waals surface area contributed by atoms with Crippen LogP contribution in [0.3, 0.4) is 0 Å². The van der Waals surface area contributed by atoms with Gasteiger partial charge in [0.2, 0.25) is 0 Å². The van der Waals surface area contributed by atoms with Crippen LogP contribution in [0.4, 0.5) is 0 Å². The van der Waals surface area contributed by atoms with Gasteiger partial charge in [0.25, 0.3) is 0 Å². The summed E-state index contributed by atoms with van der Waals surface area (Å²) in [5.74, 6) is -2.18. The largest absolute Gasteiger partial charge is 0.481 e. The Morgan fingerprint density at radius 2 is 1.93 bits per heavy atom. The minimum Gasteiger partial charge on any atom is -0.481 e. The highest BCUT2D eigenvalue weighted by molar-refractivity contribution is 5.66. The van der Waals surface area contributed by atoms with E-state index in [0.717, 1.165) is 12.8 Å². The average Bonchev–Trinajstić information content (AvgIpc) is 3.06. The summed E-state index contributed by atoms with van der Waals surface area (Å²) in [6, 6.07) is 0. The van der Waals surface area contributed by atoms with Crippen molar-refractivity contribution in [3.63, 3.8) is 0 Å². The van der Waals surface area contributed by atoms with E-state index in [9.17, 15) is 20.1 Å². The molecule has 4 aliphatic carbocycles. The number of aliphatic hydroxyl groups is 3. The summed E-state index contributed by atoms with van der Waals surface area (Å²) in [5, 5.41) is 42.7. The van der Waals surface area contributed by atoms with Crippen LogP contribution < -0.4 is 0 Å². The Morgan fingerprint density at radius 3 is 2.62 bits per heavy atom. The first kappa shape index (κ1) is 16.0. The Kier molecular flexibility index (Phi) is 4.15. The van der Waals surface area contributed by atoms with Crippen molar-refractivity contribution in [2.75, 3.05) is 0 Å². The third-order valence-corrected chi connectivity index (χ3v) is 9.52. The van der Waals surface area contributed by atoms with Gasteiger partial charge in [-0.25, -0.2) is 0 Å². The van der Waals surface area contributed by atoms with Gasteiger partial charge >= 0.3 is 5.97 Å². The smallest absolute Gasteiger partial charge is 0.303 e. The molecule has 0 heterocycles. The number of aliphatic hydroxyl groups excluding tert-OH is 2. The summed E-state index contributed by atoms with van der Waals surface area (Å²) >= 11 is 0. The molecule has 29 heavy (non-hydrogen) atoms. The third kappa shape index (κ3) is 3.27. The molecular formula is C24H40O5. The van der Waals surface area contributed by atoms with E-state index in [1.165, 1.54) is 0 Å². The zero-order valence-corrected chi connectivity index (χ0v) is 17.8. The van der Waals surface area contributed by atoms with Crippen molar-refractivity contribution in [2.45, 2.75) is 96.8 Å². The second kappa shape index (κ2) is 7.49. The highest BCUT2D eigenvalue weighted by atomic mass is 16.4. The number of carbonyl (C=O) groups is 1. The minimum absolute atomic E-state index is 0.0418. The molecule has 0 aromatic heterocycles. The van der Waals surface area contributed by atoms with Crippen LogP contribution >= 0.6 is 0 Å². The van der Waals surface area contributed by atoms with Gasteiger partial charge in [-0.2, -0.15) is 0 Å². The summed E-state index contributed by atoms with van der Waals surface area (Å²) in [6.07, 6.45) is -7.26. The van der Waals surface area contributed by atoms with Crippen LogP contribution in [-0.4, -0.2) is 44.7 Å². The third-order valence-electron chi connectivity index (χ3n) is 9.52. The van der Waals surface area contributed by atoms with Crippen molar-refractivity contribution in [1.82, 2.24) is 0 Å². The van der Waals surface area contributed by atoms with E-state index in [2.05, 4.69) is 6.92 Å². The van der Waals surface area contributed by atoms with Crippen LogP contribution in [0.2, 0.25) is 0 Å². The van der Waals surface area contributed by atoms with E-state index < -0.39 is 53.8 Å². The lowest BCUT2D eigenvalue weighted by Gasteiger charge is -2.63. The van der Waals surface area contributed by atoms with Gasteiger partial charge in [0.15, 0.2) is 0 Å². The lowest BCUT2D eigenvalue weighted by atomic mass is 9.43. The summed E-state index contributed by atoms with van der Waals surface area (Å²) in [5.41, 5.74) is -1.44. The molecule has 0 amide bonds. The number of aliphatic carboxylic acids is 1. The predicted octanol–water partition coefficient (Wildman–Crippen LogP) is 3.45. The molecule has 0 aromatic rings. The second-order valence-electron chi connectivity index (χ2n) is 10.7. The summed E-state index contributed by atoms with van der Waals surface area (Å²) in [7, 11) is 0. The fraction of sp³-hybridized carbons (Fsp3) is 0.958. The first-order chi connectivity index (χ1) is 15.4. The molecule has 11 atom stereocenters. The molecule has 4 N–H and O–H groups in total. The molecule has 4 rings (SSSR count). The zero-order valence-electron chi connectivity index (χ0n) is 22.8. The van der Waals surface area contributed by atoms with Crippen LogP contribution in [-0.2, 0) is 4.79 Å². The molecule has 0 saturated heterocycles. The summed E-state index contributed by atoms with van der Waals surface area (Å²) < 4.78 is 42.2. The first-order valence-electron chi connectivity index (χ1n) is 13.7. The van der Waals surface area contributed by atoms with Crippen LogP contribution in [0, 0.1) is 46.3 Å². The Morgan fingerprint density at radius 1 is 1.21 bits per heavy atom. The normalized spacial score (nSPS) is 61.4. The molecule has 0 bridgehead atoms. The van der Waals surface area contributed by atoms with Crippen molar-refractivity contribution in [3.05, 3.63) is 0 Å². The van der Waals surface area contributed by atoms with Gasteiger partial charge in [-0.1, -0.05) is 20.8 Å². The van der Waals surface area contributed by atoms with E-state index >= 15 is 0 Å². The Bertz CT molecular complexity index is 837. The van der Waals surface area contributed by atoms with Crippen LogP contribution in [0.15, 0.2) is 0 Å². The molecule has 4 saturated carbocycles. The van der Waals surface area contributed by atoms with Crippen LogP contribution in [0.1, 0.15) is 85.3 Å². The van der Waals surface area contributed by atoms with E-state index in [0.29, 0.717) is 12.8 Å². The molecule has 0 radical (unpaired) electrons. The Labute approximate surface area is 181 Å². The fourth-order valence-electron chi connectivity index (χ4n) is 7.88. The van der Waals surface area contributed by atoms with Crippen molar-refractivity contribution >= 4 is 5.97 Å². The molecule has 166 valence electrons. The SMILES string of the molecule is [2H]C1([2H])C[C@@]2(C)[C@H](C[C@@H](O)[C@H]3[C@H]4CCC([C@H](C)CCC(=O)O)[C@@]4(C)[C@@H](O)C[C@@H]32)C([2H])([2H])[C@]1([2H])O. The van der Waals surface area contributed by atoms with Crippen LogP contribution in [0.25, 0.3) is 0 Å². The first-order valence-corrected chi connectivity index (χ1v) is 11.2. The van der Waals surface area contributed by atoms with Crippen molar-refractivity contribution in [2.24, 2.45) is 46.3 Å². The quantitative estimate of drug-likeness (QED) is 0.566. The number of carboxylic acids is 1. The van der Waals surface area contributed by atoms with Gasteiger partial charge < -0.3 is 20.4 Å². The average molecular weight is 414 g/mol. The maximum atomic E-state index is 11.6. The van der Waals surface area contributed by atoms with E-state index in [-0.39, 0.29) is 48.9 Å². The fourth-order valence-corrected chi connectivity index (χ4v) is 7.88. The van der Waals surface area contributed by atoms with Gasteiger partial charge in [-0.15, -0.1) is 0 Å². The van der Waals surface area contributed by atoms with E-state index in [1.54, 1.807) is 0 Å². The number of carboxylic acid groups (broad SMARTS) is 1. The van der Waals surface area contributed by atoms with Gasteiger partial charge in [0.05, 0.1) is 19.7 Å². The molecule has 0 aromatic carbocycles. The molecule has 4 aliphatic rings. The molecule has 0 aliphatic heterocycles. The monoisotopic (exact) mass is 413 g/mol. The molecule has 1 unspecified atom stereocenters. The topological polar surface area (TPSA) is 98.0 Å². The lowest BCUT2D eigenvalue weighted by Crippen LogP contribution is -2.62. The highest BCUT2D eigenvalue weighted by Crippen LogP contribution is 2.68. The highest BCUT2D eigenvalue weighted by Gasteiger charge is 2.65. The van der Waals surface area contributed by atoms with Crippen molar-refractivity contribution in [3.8, 4) is 0 Å². The van der Waals surface area contributed by atoms with Gasteiger partial charge in [-0.3, -0.25) is 4.79 Å². The van der Waals surface area contributed by atoms with Gasteiger partial charge in [0.1, 0.15) is 0 Å². The number of rotatable bonds is 4. The molecule has 4 fully saturated rings. The van der Waals surface area contributed by atoms with E-state index in [1.807, 2.05) is 13.8 Å². The maximum Gasteiger partial charge on any atom is 0.303 e. The minimum atomic E-state index is -2.93. The summed E-state index contributed by atoms with van der Waals surface area (Å²) in [4.78, 5) is 11.1. The number of hydrogen-bond acceptors (Lipinski definition) is 4. The van der Waals surface area contributed by atoms with Crippen molar-refractivity contribution < 1.29 is 32.1 Å². The molecule has 0 spiro atoms. The standard InChI is InChI=1S/C24H40O5/c1-13(4-7-21(28)29)16-5-6-17-22-18(12-20(27)24(16,17)3)23(2)9-8-15(25)10-14(23)11-19(22)26/h13-20,22,25-27H,4-12H2,1-3H3,(H,28,29)/t13-,14+,15-,16?,17-,18+,19-,20+,22+,23+,24-/m1/s1/i8D2,10D2,15D. The zero-order chi connectivity index (χ0) is 25.6. The number of fused-ring (bicyclic) bond motifs is 5. The molecular weight excluding hydrogens is 368 g/mol. The Balaban J connectivity index is 1.70. The molecule has 5 heteroatoms. The second-order valence-corrected chi connectivity index (χ2v) is 10.7. The van der Waals surface area contributed by atoms with Crippen molar-refractivity contribution in [1.29, 1.82) is 0 Å². The lowest BCUT2D eigenvalue weighted by molar-refractivity contribution is -0.207. The summed E-state index contributed by atoms with van der Waals surface area (Å²) in [6.45, 7) is 5.91. The van der Waals surface area contributed by atoms with Crippen LogP contribution in [0.5, 0.6) is 0 Å². The molecule has 5 nitrogen and oxygen atoms in total. The maximum absolute atomic E-state index is 11.6. The van der Waals surface area contributed by atoms with E-state index in [4.69, 9.17) is 12.0 Å². The number of hydrogen-bond donors (Lipinski definition) is 4. The van der Waals surface area contributed by atoms with Gasteiger partial charge in [-0.05, 0) is 97.6 Å². The van der Waals surface area contributed by atoms with Gasteiger partial charge in [0, 0.05) is 11.9 Å². The predicted molar refractivity (Wildman–Crippen MR) is 110 cm³/mol.